The molecule has 0 rings (SSSR count). The molecule has 1 atom stereocenters. The van der Waals surface area contributed by atoms with Crippen LogP contribution in [0.1, 0.15) is 290 Å². The molecule has 388 valence electrons. The first-order chi connectivity index (χ1) is 33.0. The maximum atomic E-state index is 12.9. The van der Waals surface area contributed by atoms with E-state index in [0.29, 0.717) is 19.3 Å². The lowest BCUT2D eigenvalue weighted by molar-refractivity contribution is -0.167. The lowest BCUT2D eigenvalue weighted by atomic mass is 10.0. The summed E-state index contributed by atoms with van der Waals surface area (Å²) in [4.78, 5) is 38.1. The normalized spacial score (nSPS) is 12.5. The molecule has 0 bridgehead atoms. The molecular weight excluding hydrogens is 829 g/mol. The van der Waals surface area contributed by atoms with Crippen molar-refractivity contribution in [3.8, 4) is 0 Å². The van der Waals surface area contributed by atoms with E-state index in [9.17, 15) is 14.4 Å². The Morgan fingerprint density at radius 1 is 0.313 bits per heavy atom. The van der Waals surface area contributed by atoms with E-state index in [4.69, 9.17) is 14.2 Å². The Balaban J connectivity index is 4.43. The summed E-state index contributed by atoms with van der Waals surface area (Å²) in [6, 6.07) is 0. The van der Waals surface area contributed by atoms with Crippen LogP contribution in [0.5, 0.6) is 0 Å². The second kappa shape index (κ2) is 55.7. The Morgan fingerprint density at radius 3 is 0.910 bits per heavy atom. The average molecular weight is 938 g/mol. The van der Waals surface area contributed by atoms with Crippen LogP contribution in [0.4, 0.5) is 0 Å². The summed E-state index contributed by atoms with van der Waals surface area (Å²) in [6.45, 7) is 6.52. The summed E-state index contributed by atoms with van der Waals surface area (Å²) < 4.78 is 16.8. The zero-order valence-corrected chi connectivity index (χ0v) is 44.4. The van der Waals surface area contributed by atoms with Gasteiger partial charge >= 0.3 is 17.9 Å². The van der Waals surface area contributed by atoms with Crippen LogP contribution in [-0.2, 0) is 28.6 Å². The number of allylic oxidation sites excluding steroid dienone is 10. The van der Waals surface area contributed by atoms with Crippen LogP contribution in [0, 0.1) is 0 Å². The number of rotatable bonds is 52. The van der Waals surface area contributed by atoms with Gasteiger partial charge in [0.2, 0.25) is 0 Å². The van der Waals surface area contributed by atoms with E-state index in [2.05, 4.69) is 81.5 Å². The second-order valence-electron chi connectivity index (χ2n) is 19.2. The summed E-state index contributed by atoms with van der Waals surface area (Å²) in [5.41, 5.74) is 0. The smallest absolute Gasteiger partial charge is 0.306 e. The number of unbranched alkanes of at least 4 members (excludes halogenated alkanes) is 31. The fourth-order valence-electron chi connectivity index (χ4n) is 8.24. The van der Waals surface area contributed by atoms with E-state index >= 15 is 0 Å². The lowest BCUT2D eigenvalue weighted by Gasteiger charge is -2.18. The van der Waals surface area contributed by atoms with Crippen LogP contribution in [0.25, 0.3) is 0 Å². The highest BCUT2D eigenvalue weighted by atomic mass is 16.6. The van der Waals surface area contributed by atoms with E-state index < -0.39 is 6.10 Å². The molecule has 0 aromatic carbocycles. The van der Waals surface area contributed by atoms with E-state index in [1.54, 1.807) is 0 Å². The van der Waals surface area contributed by atoms with Crippen LogP contribution >= 0.6 is 0 Å². The van der Waals surface area contributed by atoms with Gasteiger partial charge in [-0.25, -0.2) is 0 Å². The zero-order chi connectivity index (χ0) is 48.6. The largest absolute Gasteiger partial charge is 0.462 e. The van der Waals surface area contributed by atoms with Gasteiger partial charge in [0.15, 0.2) is 6.10 Å². The van der Waals surface area contributed by atoms with Crippen molar-refractivity contribution < 1.29 is 28.6 Å². The fourth-order valence-corrected chi connectivity index (χ4v) is 8.24. The SMILES string of the molecule is CC/C=C\C/C=C\C/C=C\C/C=C\C/C=C\CCCC(=O)OC[C@@H](COC(=O)CCCCCCCCCCCCCCCCCC)OC(=O)CCCCCCCCCCCCCCCCCC. The van der Waals surface area contributed by atoms with E-state index in [1.165, 1.54) is 167 Å². The molecule has 0 aromatic heterocycles. The van der Waals surface area contributed by atoms with Crippen molar-refractivity contribution in [2.75, 3.05) is 13.2 Å². The third-order valence-electron chi connectivity index (χ3n) is 12.5. The minimum atomic E-state index is -0.793. The topological polar surface area (TPSA) is 78.9 Å². The molecule has 0 unspecified atom stereocenters. The Kier molecular flexibility index (Phi) is 53.3. The van der Waals surface area contributed by atoms with Gasteiger partial charge in [-0.3, -0.25) is 14.4 Å². The third kappa shape index (κ3) is 53.9. The van der Waals surface area contributed by atoms with Crippen molar-refractivity contribution in [2.45, 2.75) is 297 Å². The number of hydrogen-bond donors (Lipinski definition) is 0. The minimum absolute atomic E-state index is 0.0876. The summed E-state index contributed by atoms with van der Waals surface area (Å²) in [7, 11) is 0. The summed E-state index contributed by atoms with van der Waals surface area (Å²) >= 11 is 0. The molecule has 0 amide bonds. The summed E-state index contributed by atoms with van der Waals surface area (Å²) in [5.74, 6) is -0.933. The minimum Gasteiger partial charge on any atom is -0.462 e. The highest BCUT2D eigenvalue weighted by Crippen LogP contribution is 2.17. The first-order valence-electron chi connectivity index (χ1n) is 28.8. The number of hydrogen-bond acceptors (Lipinski definition) is 6. The Labute approximate surface area is 415 Å². The summed E-state index contributed by atoms with van der Waals surface area (Å²) in [6.07, 6.45) is 69.3. The van der Waals surface area contributed by atoms with Gasteiger partial charge in [0.05, 0.1) is 0 Å². The molecule has 0 aliphatic carbocycles. The summed E-state index contributed by atoms with van der Waals surface area (Å²) in [5, 5.41) is 0. The molecule has 0 heterocycles. The van der Waals surface area contributed by atoms with Crippen molar-refractivity contribution in [3.05, 3.63) is 60.8 Å². The van der Waals surface area contributed by atoms with E-state index in [1.807, 2.05) is 0 Å². The molecule has 0 aliphatic rings. The molecule has 67 heavy (non-hydrogen) atoms. The van der Waals surface area contributed by atoms with Crippen LogP contribution in [0.15, 0.2) is 60.8 Å². The molecule has 0 aromatic rings. The van der Waals surface area contributed by atoms with Crippen LogP contribution < -0.4 is 0 Å². The number of carbonyl (C=O) groups is 3. The third-order valence-corrected chi connectivity index (χ3v) is 12.5. The van der Waals surface area contributed by atoms with Crippen molar-refractivity contribution in [2.24, 2.45) is 0 Å². The van der Waals surface area contributed by atoms with Gasteiger partial charge in [-0.1, -0.05) is 274 Å². The Morgan fingerprint density at radius 2 is 0.582 bits per heavy atom. The quantitative estimate of drug-likeness (QED) is 0.0262. The predicted molar refractivity (Wildman–Crippen MR) is 288 cm³/mol. The van der Waals surface area contributed by atoms with Crippen molar-refractivity contribution in [1.29, 1.82) is 0 Å². The number of esters is 3. The van der Waals surface area contributed by atoms with Crippen molar-refractivity contribution >= 4 is 17.9 Å². The zero-order valence-electron chi connectivity index (χ0n) is 44.4. The Bertz CT molecular complexity index is 1210. The van der Waals surface area contributed by atoms with Gasteiger partial charge in [0.25, 0.3) is 0 Å². The van der Waals surface area contributed by atoms with Gasteiger partial charge < -0.3 is 14.2 Å². The van der Waals surface area contributed by atoms with Gasteiger partial charge in [-0.2, -0.15) is 0 Å². The van der Waals surface area contributed by atoms with Crippen molar-refractivity contribution in [1.82, 2.24) is 0 Å². The molecule has 0 N–H and O–H groups in total. The van der Waals surface area contributed by atoms with Crippen LogP contribution in [0.3, 0.4) is 0 Å². The maximum Gasteiger partial charge on any atom is 0.306 e. The first-order valence-corrected chi connectivity index (χ1v) is 28.8. The lowest BCUT2D eigenvalue weighted by Crippen LogP contribution is -2.30. The molecule has 0 radical (unpaired) electrons. The maximum absolute atomic E-state index is 12.9. The van der Waals surface area contributed by atoms with Gasteiger partial charge in [0, 0.05) is 19.3 Å². The average Bonchev–Trinajstić information content (AvgIpc) is 3.33. The molecule has 0 aliphatic heterocycles. The Hall–Kier alpha value is -2.89. The molecule has 6 nitrogen and oxygen atoms in total. The van der Waals surface area contributed by atoms with E-state index in [0.717, 1.165) is 77.0 Å². The second-order valence-corrected chi connectivity index (χ2v) is 19.2. The van der Waals surface area contributed by atoms with Crippen molar-refractivity contribution in [3.63, 3.8) is 0 Å². The molecule has 0 saturated heterocycles. The molecule has 0 fully saturated rings. The molecule has 0 saturated carbocycles. The van der Waals surface area contributed by atoms with Gasteiger partial charge in [-0.05, 0) is 57.8 Å². The molecule has 6 heteroatoms. The monoisotopic (exact) mass is 937 g/mol. The van der Waals surface area contributed by atoms with Gasteiger partial charge in [0.1, 0.15) is 13.2 Å². The number of ether oxygens (including phenoxy) is 3. The van der Waals surface area contributed by atoms with Gasteiger partial charge in [-0.15, -0.1) is 0 Å². The fraction of sp³-hybridized carbons (Fsp3) is 0.787. The number of carbonyl (C=O) groups excluding carboxylic acids is 3. The molecule has 0 spiro atoms. The first kappa shape index (κ1) is 64.1. The standard InChI is InChI=1S/C61H108O6/c1-4-7-10-13-16-19-22-25-28-31-34-36-39-42-45-48-51-54-60(63)66-57-58(67-61(64)55-52-49-46-43-40-37-33-30-27-24-21-18-15-12-9-6-3)56-65-59(62)53-50-47-44-41-38-35-32-29-26-23-20-17-14-11-8-5-2/h7,10,16,19,25,28,34,36,42,45,58H,4-6,8-9,11-15,17-18,20-24,26-27,29-33,35,37-41,43-44,46-57H2,1-3H3/b10-7-,19-16-,28-25-,36-34-,45-42-/t58-/m1/s1. The van der Waals surface area contributed by atoms with Crippen LogP contribution in [0.2, 0.25) is 0 Å². The van der Waals surface area contributed by atoms with Crippen LogP contribution in [-0.4, -0.2) is 37.2 Å². The van der Waals surface area contributed by atoms with E-state index in [-0.39, 0.29) is 37.5 Å². The predicted octanol–water partition coefficient (Wildman–Crippen LogP) is 19.2. The highest BCUT2D eigenvalue weighted by molar-refractivity contribution is 5.71. The molecular formula is C61H108O6. The highest BCUT2D eigenvalue weighted by Gasteiger charge is 2.19.